The van der Waals surface area contributed by atoms with Crippen molar-refractivity contribution in [2.75, 3.05) is 6.54 Å². The summed E-state index contributed by atoms with van der Waals surface area (Å²) in [6.45, 7) is 7.95. The molecule has 1 aromatic rings. The largest absolute Gasteiger partial charge is 0.306 e. The predicted octanol–water partition coefficient (Wildman–Crippen LogP) is 4.43. The zero-order valence-electron chi connectivity index (χ0n) is 12.7. The van der Waals surface area contributed by atoms with E-state index < -0.39 is 0 Å². The molecule has 1 aliphatic carbocycles. The Labute approximate surface area is 122 Å². The highest BCUT2D eigenvalue weighted by molar-refractivity contribution is 7.12. The number of nitrogens with one attached hydrogen (secondary N) is 1. The molecule has 1 N–H and O–H groups in total. The zero-order chi connectivity index (χ0) is 13.7. The number of fused-ring (bicyclic) bond motifs is 1. The van der Waals surface area contributed by atoms with Crippen LogP contribution in [0.3, 0.4) is 0 Å². The molecule has 0 spiro atoms. The van der Waals surface area contributed by atoms with E-state index in [1.54, 1.807) is 4.88 Å². The molecule has 0 bridgehead atoms. The first kappa shape index (κ1) is 15.0. The van der Waals surface area contributed by atoms with Gasteiger partial charge in [-0.15, -0.1) is 11.3 Å². The van der Waals surface area contributed by atoms with Crippen molar-refractivity contribution in [2.45, 2.75) is 77.7 Å². The highest BCUT2D eigenvalue weighted by Crippen LogP contribution is 2.35. The fourth-order valence-corrected chi connectivity index (χ4v) is 4.13. The van der Waals surface area contributed by atoms with E-state index in [1.165, 1.54) is 62.1 Å². The minimum Gasteiger partial charge on any atom is -0.306 e. The summed E-state index contributed by atoms with van der Waals surface area (Å²) in [5.74, 6) is 0. The fourth-order valence-electron chi connectivity index (χ4n) is 2.83. The van der Waals surface area contributed by atoms with Crippen molar-refractivity contribution < 1.29 is 0 Å². The summed E-state index contributed by atoms with van der Waals surface area (Å²) in [7, 11) is 0. The monoisotopic (exact) mass is 280 g/mol. The Kier molecular flexibility index (Phi) is 5.40. The van der Waals surface area contributed by atoms with Crippen LogP contribution in [0.25, 0.3) is 0 Å². The topological polar surface area (TPSA) is 24.9 Å². The van der Waals surface area contributed by atoms with Gasteiger partial charge in [0, 0.05) is 4.88 Å². The molecule has 108 valence electrons. The minimum atomic E-state index is 0.0974. The van der Waals surface area contributed by atoms with E-state index in [0.29, 0.717) is 0 Å². The second-order valence-corrected chi connectivity index (χ2v) is 7.04. The number of hydrogen-bond donors (Lipinski definition) is 1. The van der Waals surface area contributed by atoms with Crippen LogP contribution in [0, 0.1) is 0 Å². The number of aryl methyl sites for hydroxylation is 2. The van der Waals surface area contributed by atoms with E-state index in [2.05, 4.69) is 26.1 Å². The first-order chi connectivity index (χ1) is 9.19. The number of rotatable bonds is 8. The summed E-state index contributed by atoms with van der Waals surface area (Å²) in [4.78, 5) is 6.50. The number of nitrogens with zero attached hydrogens (tertiary/aromatic N) is 1. The first-order valence-corrected chi connectivity index (χ1v) is 8.75. The van der Waals surface area contributed by atoms with Gasteiger partial charge >= 0.3 is 0 Å². The van der Waals surface area contributed by atoms with Crippen LogP contribution >= 0.6 is 11.3 Å². The molecular formula is C16H28N2S. The average molecular weight is 280 g/mol. The molecule has 3 heteroatoms. The maximum Gasteiger partial charge on any atom is 0.113 e. The SMILES string of the molecule is CCCCCC(C)(NCCC)c1nc2c(s1)CCC2. The third-order valence-electron chi connectivity index (χ3n) is 4.11. The second-order valence-electron chi connectivity index (χ2n) is 5.96. The maximum atomic E-state index is 4.95. The van der Waals surface area contributed by atoms with E-state index in [-0.39, 0.29) is 5.54 Å². The van der Waals surface area contributed by atoms with E-state index in [4.69, 9.17) is 4.98 Å². The van der Waals surface area contributed by atoms with Crippen molar-refractivity contribution in [1.82, 2.24) is 10.3 Å². The molecule has 2 rings (SSSR count). The number of aromatic nitrogens is 1. The van der Waals surface area contributed by atoms with Gasteiger partial charge in [0.2, 0.25) is 0 Å². The lowest BCUT2D eigenvalue weighted by Gasteiger charge is -2.29. The Morgan fingerprint density at radius 2 is 2.05 bits per heavy atom. The van der Waals surface area contributed by atoms with Crippen LogP contribution in [0.2, 0.25) is 0 Å². The standard InChI is InChI=1S/C16H28N2S/c1-4-6-7-11-16(3,17-12-5-2)15-18-13-9-8-10-14(13)19-15/h17H,4-12H2,1-3H3. The van der Waals surface area contributed by atoms with Gasteiger partial charge in [0.05, 0.1) is 11.2 Å². The summed E-state index contributed by atoms with van der Waals surface area (Å²) in [5, 5.41) is 5.09. The van der Waals surface area contributed by atoms with Crippen LogP contribution in [0.5, 0.6) is 0 Å². The average Bonchev–Trinajstić information content (AvgIpc) is 2.97. The van der Waals surface area contributed by atoms with Crippen molar-refractivity contribution in [2.24, 2.45) is 0 Å². The third-order valence-corrected chi connectivity index (χ3v) is 5.53. The molecule has 2 nitrogen and oxygen atoms in total. The highest BCUT2D eigenvalue weighted by Gasteiger charge is 2.31. The predicted molar refractivity (Wildman–Crippen MR) is 83.9 cm³/mol. The van der Waals surface area contributed by atoms with Gasteiger partial charge in [-0.3, -0.25) is 0 Å². The Balaban J connectivity index is 2.10. The molecule has 0 aliphatic heterocycles. The van der Waals surface area contributed by atoms with Gasteiger partial charge in [-0.2, -0.15) is 0 Å². The molecule has 0 saturated heterocycles. The van der Waals surface area contributed by atoms with Crippen LogP contribution in [0.15, 0.2) is 0 Å². The van der Waals surface area contributed by atoms with Crippen LogP contribution in [0.1, 0.15) is 74.9 Å². The lowest BCUT2D eigenvalue weighted by molar-refractivity contribution is 0.326. The Bertz CT molecular complexity index is 378. The maximum absolute atomic E-state index is 4.95. The van der Waals surface area contributed by atoms with Crippen molar-refractivity contribution in [3.05, 3.63) is 15.6 Å². The zero-order valence-corrected chi connectivity index (χ0v) is 13.5. The van der Waals surface area contributed by atoms with Gasteiger partial charge in [0.1, 0.15) is 5.01 Å². The highest BCUT2D eigenvalue weighted by atomic mass is 32.1. The molecule has 0 amide bonds. The second kappa shape index (κ2) is 6.85. The summed E-state index contributed by atoms with van der Waals surface area (Å²) in [6.07, 6.45) is 10.1. The molecule has 1 atom stereocenters. The molecule has 0 radical (unpaired) electrons. The summed E-state index contributed by atoms with van der Waals surface area (Å²) in [5.41, 5.74) is 1.49. The van der Waals surface area contributed by atoms with Gasteiger partial charge < -0.3 is 5.32 Å². The smallest absolute Gasteiger partial charge is 0.113 e. The van der Waals surface area contributed by atoms with Crippen LogP contribution in [-0.2, 0) is 18.4 Å². The quantitative estimate of drug-likeness (QED) is 0.713. The van der Waals surface area contributed by atoms with Gasteiger partial charge in [-0.05, 0) is 45.6 Å². The molecule has 1 aliphatic rings. The normalized spacial score (nSPS) is 17.4. The Morgan fingerprint density at radius 3 is 2.74 bits per heavy atom. The van der Waals surface area contributed by atoms with Crippen molar-refractivity contribution in [3.8, 4) is 0 Å². The van der Waals surface area contributed by atoms with Crippen LogP contribution < -0.4 is 5.32 Å². The molecule has 1 heterocycles. The van der Waals surface area contributed by atoms with Gasteiger partial charge in [-0.1, -0.05) is 33.1 Å². The lowest BCUT2D eigenvalue weighted by atomic mass is 9.94. The molecule has 1 aromatic heterocycles. The molecule has 19 heavy (non-hydrogen) atoms. The van der Waals surface area contributed by atoms with E-state index >= 15 is 0 Å². The minimum absolute atomic E-state index is 0.0974. The van der Waals surface area contributed by atoms with Crippen molar-refractivity contribution in [1.29, 1.82) is 0 Å². The van der Waals surface area contributed by atoms with E-state index in [0.717, 1.165) is 6.54 Å². The number of thiazole rings is 1. The van der Waals surface area contributed by atoms with Crippen LogP contribution in [-0.4, -0.2) is 11.5 Å². The number of hydrogen-bond acceptors (Lipinski definition) is 3. The lowest BCUT2D eigenvalue weighted by Crippen LogP contribution is -2.40. The van der Waals surface area contributed by atoms with Crippen molar-refractivity contribution >= 4 is 11.3 Å². The van der Waals surface area contributed by atoms with Crippen LogP contribution in [0.4, 0.5) is 0 Å². The molecule has 1 unspecified atom stereocenters. The van der Waals surface area contributed by atoms with Gasteiger partial charge in [0.15, 0.2) is 0 Å². The van der Waals surface area contributed by atoms with Gasteiger partial charge in [-0.25, -0.2) is 4.98 Å². The molecule has 0 aromatic carbocycles. The van der Waals surface area contributed by atoms with E-state index in [9.17, 15) is 0 Å². The van der Waals surface area contributed by atoms with Gasteiger partial charge in [0.25, 0.3) is 0 Å². The van der Waals surface area contributed by atoms with E-state index in [1.807, 2.05) is 11.3 Å². The Hall–Kier alpha value is -0.410. The Morgan fingerprint density at radius 1 is 1.21 bits per heavy atom. The summed E-state index contributed by atoms with van der Waals surface area (Å²) in [6, 6.07) is 0. The van der Waals surface area contributed by atoms with Crippen molar-refractivity contribution in [3.63, 3.8) is 0 Å². The third kappa shape index (κ3) is 3.57. The molecule has 0 fully saturated rings. The fraction of sp³-hybridized carbons (Fsp3) is 0.812. The summed E-state index contributed by atoms with van der Waals surface area (Å²) < 4.78 is 0. The molecule has 0 saturated carbocycles. The molecular weight excluding hydrogens is 252 g/mol. The number of unbranched alkanes of at least 4 members (excludes halogenated alkanes) is 2. The first-order valence-electron chi connectivity index (χ1n) is 7.93. The summed E-state index contributed by atoms with van der Waals surface area (Å²) >= 11 is 1.96.